The minimum atomic E-state index is -0.458. The van der Waals surface area contributed by atoms with Crippen molar-refractivity contribution in [1.29, 1.82) is 0 Å². The van der Waals surface area contributed by atoms with Gasteiger partial charge in [-0.15, -0.1) is 0 Å². The van der Waals surface area contributed by atoms with E-state index in [2.05, 4.69) is 24.0 Å². The molecule has 2 fully saturated rings. The highest BCUT2D eigenvalue weighted by Gasteiger charge is 2.34. The van der Waals surface area contributed by atoms with E-state index in [1.165, 1.54) is 23.8 Å². The Labute approximate surface area is 206 Å². The lowest BCUT2D eigenvalue weighted by Gasteiger charge is -2.42. The van der Waals surface area contributed by atoms with Crippen LogP contribution in [-0.2, 0) is 16.1 Å². The van der Waals surface area contributed by atoms with Crippen LogP contribution >= 0.6 is 0 Å². The molecule has 0 aliphatic carbocycles. The Bertz CT molecular complexity index is 1090. The first kappa shape index (κ1) is 24.6. The van der Waals surface area contributed by atoms with Gasteiger partial charge in [0.1, 0.15) is 0 Å². The summed E-state index contributed by atoms with van der Waals surface area (Å²) in [6.07, 6.45) is 4.40. The van der Waals surface area contributed by atoms with Gasteiger partial charge in [-0.3, -0.25) is 24.6 Å². The van der Waals surface area contributed by atoms with Gasteiger partial charge in [0.25, 0.3) is 5.69 Å². The number of carbonyl (C=O) groups excluding carboxylic acids is 2. The number of para-hydroxylation sites is 1. The summed E-state index contributed by atoms with van der Waals surface area (Å²) in [5.41, 5.74) is 1.62. The van der Waals surface area contributed by atoms with Crippen LogP contribution in [0.3, 0.4) is 0 Å². The third kappa shape index (κ3) is 6.14. The summed E-state index contributed by atoms with van der Waals surface area (Å²) in [4.78, 5) is 43.0. The molecule has 35 heavy (non-hydrogen) atoms. The Balaban J connectivity index is 1.33. The van der Waals surface area contributed by atoms with E-state index in [4.69, 9.17) is 0 Å². The minimum absolute atomic E-state index is 0.0383. The summed E-state index contributed by atoms with van der Waals surface area (Å²) in [5.74, 6) is -0.311. The highest BCUT2D eigenvalue weighted by atomic mass is 16.6. The van der Waals surface area contributed by atoms with Crippen LogP contribution < -0.4 is 0 Å². The van der Waals surface area contributed by atoms with Gasteiger partial charge in [0.05, 0.1) is 16.4 Å². The van der Waals surface area contributed by atoms with Crippen LogP contribution in [0.1, 0.15) is 30.9 Å². The molecule has 2 unspecified atom stereocenters. The zero-order valence-corrected chi connectivity index (χ0v) is 20.1. The zero-order chi connectivity index (χ0) is 24.8. The van der Waals surface area contributed by atoms with Gasteiger partial charge in [-0.2, -0.15) is 0 Å². The lowest BCUT2D eigenvalue weighted by Crippen LogP contribution is -2.56. The highest BCUT2D eigenvalue weighted by Crippen LogP contribution is 2.23. The zero-order valence-electron chi connectivity index (χ0n) is 20.1. The largest absolute Gasteiger partial charge is 0.338 e. The van der Waals surface area contributed by atoms with Gasteiger partial charge in [0, 0.05) is 57.5 Å². The molecule has 0 N–H and O–H groups in total. The Morgan fingerprint density at radius 3 is 2.51 bits per heavy atom. The second-order valence-corrected chi connectivity index (χ2v) is 9.37. The van der Waals surface area contributed by atoms with Crippen LogP contribution in [-0.4, -0.2) is 70.2 Å². The van der Waals surface area contributed by atoms with Crippen molar-refractivity contribution in [1.82, 2.24) is 14.7 Å². The summed E-state index contributed by atoms with van der Waals surface area (Å²) in [6, 6.07) is 16.8. The SMILES string of the molecule is CC1CN(Cc2ccccc2)CCN1C(=O)C1CCCN(C(=O)/C=C/c2ccccc2[N+](=O)[O-])C1. The number of piperazine rings is 1. The number of nitro groups is 1. The molecule has 0 radical (unpaired) electrons. The average molecular weight is 477 g/mol. The normalized spacial score (nSPS) is 21.3. The molecule has 2 aliphatic rings. The van der Waals surface area contributed by atoms with Crippen molar-refractivity contribution in [2.45, 2.75) is 32.4 Å². The highest BCUT2D eigenvalue weighted by molar-refractivity contribution is 5.93. The standard InChI is InChI=1S/C27H32N4O4/c1-21-18-28(19-22-8-3-2-4-9-22)16-17-30(21)27(33)24-11-7-15-29(20-24)26(32)14-13-23-10-5-6-12-25(23)31(34)35/h2-6,8-10,12-14,21,24H,7,11,15-20H2,1H3/b14-13+. The van der Waals surface area contributed by atoms with Crippen LogP contribution in [0.15, 0.2) is 60.7 Å². The first-order chi connectivity index (χ1) is 16.9. The predicted molar refractivity (Wildman–Crippen MR) is 134 cm³/mol. The number of carbonyl (C=O) groups is 2. The third-order valence-corrected chi connectivity index (χ3v) is 6.86. The van der Waals surface area contributed by atoms with Gasteiger partial charge in [-0.05, 0) is 37.5 Å². The van der Waals surface area contributed by atoms with E-state index < -0.39 is 4.92 Å². The van der Waals surface area contributed by atoms with E-state index in [0.29, 0.717) is 25.2 Å². The molecule has 2 aromatic rings. The molecule has 4 rings (SSSR count). The topological polar surface area (TPSA) is 87.0 Å². The lowest BCUT2D eigenvalue weighted by molar-refractivity contribution is -0.385. The molecule has 2 heterocycles. The fraction of sp³-hybridized carbons (Fsp3) is 0.407. The molecule has 0 bridgehead atoms. The summed E-state index contributed by atoms with van der Waals surface area (Å²) in [6.45, 7) is 6.30. The monoisotopic (exact) mass is 476 g/mol. The van der Waals surface area contributed by atoms with Crippen LogP contribution in [0, 0.1) is 16.0 Å². The molecule has 2 saturated heterocycles. The third-order valence-electron chi connectivity index (χ3n) is 6.86. The van der Waals surface area contributed by atoms with Crippen molar-refractivity contribution < 1.29 is 14.5 Å². The number of rotatable bonds is 6. The van der Waals surface area contributed by atoms with Crippen LogP contribution in [0.25, 0.3) is 6.08 Å². The maximum absolute atomic E-state index is 13.4. The van der Waals surface area contributed by atoms with Crippen molar-refractivity contribution in [2.24, 2.45) is 5.92 Å². The van der Waals surface area contributed by atoms with E-state index in [1.54, 1.807) is 23.1 Å². The number of hydrogen-bond acceptors (Lipinski definition) is 5. The number of hydrogen-bond donors (Lipinski definition) is 0. The Hall–Kier alpha value is -3.52. The Kier molecular flexibility index (Phi) is 7.92. The summed E-state index contributed by atoms with van der Waals surface area (Å²) in [5, 5.41) is 11.2. The Morgan fingerprint density at radius 1 is 1.03 bits per heavy atom. The second kappa shape index (κ2) is 11.3. The molecule has 0 saturated carbocycles. The molecule has 2 aromatic carbocycles. The van der Waals surface area contributed by atoms with Crippen molar-refractivity contribution in [2.75, 3.05) is 32.7 Å². The molecule has 2 aliphatic heterocycles. The predicted octanol–water partition coefficient (Wildman–Crippen LogP) is 3.58. The van der Waals surface area contributed by atoms with Crippen LogP contribution in [0.2, 0.25) is 0 Å². The second-order valence-electron chi connectivity index (χ2n) is 9.37. The first-order valence-corrected chi connectivity index (χ1v) is 12.2. The fourth-order valence-electron chi connectivity index (χ4n) is 5.02. The molecule has 184 valence electrons. The number of benzene rings is 2. The minimum Gasteiger partial charge on any atom is -0.338 e. The van der Waals surface area contributed by atoms with E-state index in [-0.39, 0.29) is 29.5 Å². The molecule has 2 amide bonds. The molecule has 8 heteroatoms. The summed E-state index contributed by atoms with van der Waals surface area (Å²) < 4.78 is 0. The van der Waals surface area contributed by atoms with Gasteiger partial charge in [-0.1, -0.05) is 42.5 Å². The number of nitrogens with zero attached hydrogens (tertiary/aromatic N) is 4. The van der Waals surface area contributed by atoms with Crippen LogP contribution in [0.4, 0.5) is 5.69 Å². The number of amides is 2. The lowest BCUT2D eigenvalue weighted by atomic mass is 9.95. The molecular weight excluding hydrogens is 444 g/mol. The average Bonchev–Trinajstić information content (AvgIpc) is 2.88. The van der Waals surface area contributed by atoms with Crippen molar-refractivity contribution in [3.63, 3.8) is 0 Å². The molecule has 8 nitrogen and oxygen atoms in total. The molecule has 0 aromatic heterocycles. The Morgan fingerprint density at radius 2 is 1.77 bits per heavy atom. The number of likely N-dealkylation sites (tertiary alicyclic amines) is 1. The van der Waals surface area contributed by atoms with E-state index >= 15 is 0 Å². The van der Waals surface area contributed by atoms with Gasteiger partial charge >= 0.3 is 0 Å². The van der Waals surface area contributed by atoms with Crippen molar-refractivity contribution in [3.8, 4) is 0 Å². The molecular formula is C27H32N4O4. The number of nitro benzene ring substituents is 1. The van der Waals surface area contributed by atoms with Gasteiger partial charge in [0.15, 0.2) is 0 Å². The first-order valence-electron chi connectivity index (χ1n) is 12.2. The maximum atomic E-state index is 13.4. The van der Waals surface area contributed by atoms with Crippen molar-refractivity contribution in [3.05, 3.63) is 81.9 Å². The van der Waals surface area contributed by atoms with Gasteiger partial charge < -0.3 is 9.80 Å². The van der Waals surface area contributed by atoms with Crippen LogP contribution in [0.5, 0.6) is 0 Å². The molecule has 0 spiro atoms. The van der Waals surface area contributed by atoms with Gasteiger partial charge in [-0.25, -0.2) is 0 Å². The molecule has 2 atom stereocenters. The smallest absolute Gasteiger partial charge is 0.276 e. The van der Waals surface area contributed by atoms with E-state index in [9.17, 15) is 19.7 Å². The van der Waals surface area contributed by atoms with E-state index in [1.807, 2.05) is 23.1 Å². The maximum Gasteiger partial charge on any atom is 0.276 e. The van der Waals surface area contributed by atoms with Gasteiger partial charge in [0.2, 0.25) is 11.8 Å². The quantitative estimate of drug-likeness (QED) is 0.361. The summed E-state index contributed by atoms with van der Waals surface area (Å²) >= 11 is 0. The summed E-state index contributed by atoms with van der Waals surface area (Å²) in [7, 11) is 0. The van der Waals surface area contributed by atoms with E-state index in [0.717, 1.165) is 32.5 Å². The van der Waals surface area contributed by atoms with Crippen molar-refractivity contribution >= 4 is 23.6 Å². The fourth-order valence-corrected chi connectivity index (χ4v) is 5.02. The number of piperidine rings is 1.